The van der Waals surface area contributed by atoms with Crippen molar-refractivity contribution in [2.75, 3.05) is 6.61 Å². The van der Waals surface area contributed by atoms with Crippen molar-refractivity contribution >= 4 is 46.1 Å². The van der Waals surface area contributed by atoms with Gasteiger partial charge in [-0.2, -0.15) is 0 Å². The Balaban J connectivity index is 2.80. The van der Waals surface area contributed by atoms with Crippen molar-refractivity contribution in [1.29, 1.82) is 0 Å². The van der Waals surface area contributed by atoms with Gasteiger partial charge in [0.25, 0.3) is 5.91 Å². The molecule has 98 valence electrons. The molecule has 18 heavy (non-hydrogen) atoms. The van der Waals surface area contributed by atoms with Crippen molar-refractivity contribution in [3.8, 4) is 0 Å². The first-order valence-electron chi connectivity index (χ1n) is 5.05. The fourth-order valence-electron chi connectivity index (χ4n) is 1.27. The number of aliphatic hydroxyl groups is 1. The normalized spacial score (nSPS) is 11.9. The molecule has 0 fully saturated rings. The topological polar surface area (TPSA) is 86.6 Å². The second kappa shape index (κ2) is 6.91. The summed E-state index contributed by atoms with van der Waals surface area (Å²) in [5.74, 6) is -1.72. The van der Waals surface area contributed by atoms with Crippen LogP contribution in [0.25, 0.3) is 0 Å². The predicted octanol–water partition coefficient (Wildman–Crippen LogP) is 1.51. The van der Waals surface area contributed by atoms with Gasteiger partial charge in [0.1, 0.15) is 6.04 Å². The fourth-order valence-corrected chi connectivity index (χ4v) is 1.78. The van der Waals surface area contributed by atoms with Crippen LogP contribution in [-0.4, -0.2) is 34.7 Å². The van der Waals surface area contributed by atoms with Crippen LogP contribution in [0.4, 0.5) is 0 Å². The maximum absolute atomic E-state index is 11.8. The average molecular weight is 384 g/mol. The second-order valence-corrected chi connectivity index (χ2v) is 5.07. The summed E-state index contributed by atoms with van der Waals surface area (Å²) in [5, 5.41) is 20.3. The third-order valence-electron chi connectivity index (χ3n) is 2.20. The van der Waals surface area contributed by atoms with Crippen molar-refractivity contribution < 1.29 is 19.8 Å². The van der Waals surface area contributed by atoms with Gasteiger partial charge in [-0.15, -0.1) is 0 Å². The maximum Gasteiger partial charge on any atom is 0.326 e. The first kappa shape index (κ1) is 15.2. The van der Waals surface area contributed by atoms with Crippen molar-refractivity contribution in [1.82, 2.24) is 5.32 Å². The summed E-state index contributed by atoms with van der Waals surface area (Å²) in [6.07, 6.45) is -0.0425. The van der Waals surface area contributed by atoms with Crippen LogP contribution in [0.5, 0.6) is 0 Å². The minimum Gasteiger partial charge on any atom is -0.480 e. The summed E-state index contributed by atoms with van der Waals surface area (Å²) in [6.45, 7) is -0.315. The predicted molar refractivity (Wildman–Crippen MR) is 74.8 cm³/mol. The lowest BCUT2D eigenvalue weighted by atomic mass is 10.1. The van der Waals surface area contributed by atoms with Gasteiger partial charge in [-0.25, -0.2) is 4.79 Å². The molecule has 1 rings (SSSR count). The highest BCUT2D eigenvalue weighted by Gasteiger charge is 2.20. The van der Waals surface area contributed by atoms with E-state index < -0.39 is 17.9 Å². The number of halogens is 2. The molecule has 0 heterocycles. The molecule has 0 radical (unpaired) electrons. The molecule has 3 N–H and O–H groups in total. The van der Waals surface area contributed by atoms with E-state index in [1.54, 1.807) is 12.1 Å². The molecular weight excluding hydrogens is 372 g/mol. The molecule has 7 heteroatoms. The smallest absolute Gasteiger partial charge is 0.326 e. The average Bonchev–Trinajstić information content (AvgIpc) is 2.31. The van der Waals surface area contributed by atoms with Crippen LogP contribution < -0.4 is 5.32 Å². The highest BCUT2D eigenvalue weighted by Crippen LogP contribution is 2.19. The Morgan fingerprint density at radius 3 is 2.61 bits per heavy atom. The van der Waals surface area contributed by atoms with Crippen molar-refractivity contribution in [3.63, 3.8) is 0 Å². The lowest BCUT2D eigenvalue weighted by Crippen LogP contribution is -2.41. The minimum atomic E-state index is -1.19. The van der Waals surface area contributed by atoms with Gasteiger partial charge in [0.15, 0.2) is 0 Å². The zero-order valence-electron chi connectivity index (χ0n) is 9.19. The highest BCUT2D eigenvalue weighted by atomic mass is 127. The van der Waals surface area contributed by atoms with E-state index in [-0.39, 0.29) is 18.6 Å². The van der Waals surface area contributed by atoms with E-state index in [4.69, 9.17) is 21.8 Å². The minimum absolute atomic E-state index is 0.0425. The van der Waals surface area contributed by atoms with Crippen LogP contribution in [0.15, 0.2) is 18.2 Å². The lowest BCUT2D eigenvalue weighted by Gasteiger charge is -2.13. The van der Waals surface area contributed by atoms with Gasteiger partial charge in [-0.3, -0.25) is 4.79 Å². The van der Waals surface area contributed by atoms with Gasteiger partial charge in [0.05, 0.1) is 5.02 Å². The number of carbonyl (C=O) groups is 2. The Hall–Kier alpha value is -0.860. The Morgan fingerprint density at radius 2 is 2.11 bits per heavy atom. The zero-order chi connectivity index (χ0) is 13.7. The summed E-state index contributed by atoms with van der Waals surface area (Å²) in [5.41, 5.74) is 0.282. The van der Waals surface area contributed by atoms with Gasteiger partial charge in [0.2, 0.25) is 0 Å². The number of aliphatic hydroxyl groups excluding tert-OH is 1. The van der Waals surface area contributed by atoms with Crippen LogP contribution >= 0.6 is 34.2 Å². The Kier molecular flexibility index (Phi) is 5.83. The summed E-state index contributed by atoms with van der Waals surface area (Å²) < 4.78 is 0.802. The molecule has 0 saturated heterocycles. The maximum atomic E-state index is 11.8. The van der Waals surface area contributed by atoms with Crippen molar-refractivity contribution in [3.05, 3.63) is 32.4 Å². The standard InChI is InChI=1S/C11H11ClINO4/c12-7-5-6(1-2-8(7)13)10(16)14-9(3-4-15)11(17)18/h1-2,5,9,15H,3-4H2,(H,14,16)(H,17,18). The van der Waals surface area contributed by atoms with Crippen molar-refractivity contribution in [2.24, 2.45) is 0 Å². The number of carbonyl (C=O) groups excluding carboxylic acids is 1. The quantitative estimate of drug-likeness (QED) is 0.673. The largest absolute Gasteiger partial charge is 0.480 e. The number of hydrogen-bond donors (Lipinski definition) is 3. The van der Waals surface area contributed by atoms with Crippen LogP contribution in [0, 0.1) is 3.57 Å². The van der Waals surface area contributed by atoms with Gasteiger partial charge >= 0.3 is 5.97 Å². The number of carboxylic acids is 1. The molecule has 1 unspecified atom stereocenters. The molecule has 5 nitrogen and oxygen atoms in total. The monoisotopic (exact) mass is 383 g/mol. The third kappa shape index (κ3) is 4.11. The Labute approximate surface area is 122 Å². The molecule has 0 saturated carbocycles. The number of aliphatic carboxylic acids is 1. The van der Waals surface area contributed by atoms with Gasteiger partial charge in [-0.1, -0.05) is 11.6 Å². The van der Waals surface area contributed by atoms with Gasteiger partial charge < -0.3 is 15.5 Å². The van der Waals surface area contributed by atoms with E-state index in [1.807, 2.05) is 22.6 Å². The molecule has 1 aromatic carbocycles. The molecule has 1 aromatic rings. The molecule has 0 aliphatic carbocycles. The SMILES string of the molecule is O=C(NC(CCO)C(=O)O)c1ccc(I)c(Cl)c1. The molecule has 1 atom stereocenters. The van der Waals surface area contributed by atoms with E-state index >= 15 is 0 Å². The van der Waals surface area contributed by atoms with Crippen LogP contribution in [-0.2, 0) is 4.79 Å². The number of nitrogens with one attached hydrogen (secondary N) is 1. The summed E-state index contributed by atoms with van der Waals surface area (Å²) in [7, 11) is 0. The molecule has 0 aromatic heterocycles. The molecule has 0 bridgehead atoms. The zero-order valence-corrected chi connectivity index (χ0v) is 12.1. The van der Waals surface area contributed by atoms with Gasteiger partial charge in [-0.05, 0) is 40.8 Å². The first-order chi connectivity index (χ1) is 8.45. The Bertz CT molecular complexity index is 466. The highest BCUT2D eigenvalue weighted by molar-refractivity contribution is 14.1. The summed E-state index contributed by atoms with van der Waals surface area (Å²) >= 11 is 7.90. The van der Waals surface area contributed by atoms with Crippen molar-refractivity contribution in [2.45, 2.75) is 12.5 Å². The van der Waals surface area contributed by atoms with E-state index in [0.717, 1.165) is 3.57 Å². The molecule has 0 spiro atoms. The lowest BCUT2D eigenvalue weighted by molar-refractivity contribution is -0.139. The number of benzene rings is 1. The number of amides is 1. The van der Waals surface area contributed by atoms with E-state index in [9.17, 15) is 9.59 Å². The number of rotatable bonds is 5. The Morgan fingerprint density at radius 1 is 1.44 bits per heavy atom. The van der Waals surface area contributed by atoms with Crippen LogP contribution in [0.3, 0.4) is 0 Å². The van der Waals surface area contributed by atoms with E-state index in [2.05, 4.69) is 5.32 Å². The van der Waals surface area contributed by atoms with E-state index in [1.165, 1.54) is 6.07 Å². The number of carboxylic acid groups (broad SMARTS) is 1. The molecule has 0 aliphatic heterocycles. The second-order valence-electron chi connectivity index (χ2n) is 3.51. The molecule has 0 aliphatic rings. The summed E-state index contributed by atoms with van der Waals surface area (Å²) in [6, 6.07) is 3.58. The van der Waals surface area contributed by atoms with E-state index in [0.29, 0.717) is 5.02 Å². The van der Waals surface area contributed by atoms with Gasteiger partial charge in [0, 0.05) is 22.2 Å². The van der Waals surface area contributed by atoms with Crippen LogP contribution in [0.1, 0.15) is 16.8 Å². The summed E-state index contributed by atoms with van der Waals surface area (Å²) in [4.78, 5) is 22.6. The fraction of sp³-hybridized carbons (Fsp3) is 0.273. The molecular formula is C11H11ClINO4. The first-order valence-corrected chi connectivity index (χ1v) is 6.51. The number of hydrogen-bond acceptors (Lipinski definition) is 3. The van der Waals surface area contributed by atoms with Crippen LogP contribution in [0.2, 0.25) is 5.02 Å². The third-order valence-corrected chi connectivity index (χ3v) is 3.78. The molecule has 1 amide bonds.